The molecule has 0 nitrogen and oxygen atoms in total. The van der Waals surface area contributed by atoms with Gasteiger partial charge in [-0.2, -0.15) is 12.6 Å². The first-order valence-corrected chi connectivity index (χ1v) is 4.13. The predicted octanol–water partition coefficient (Wildman–Crippen LogP) is 3.05. The van der Waals surface area contributed by atoms with E-state index in [2.05, 4.69) is 26.1 Å². The Bertz CT molecular complexity index is 69.0. The molecule has 0 aliphatic heterocycles. The number of thiol groups is 1. The van der Waals surface area contributed by atoms with Gasteiger partial charge in [0.1, 0.15) is 0 Å². The number of unbranched alkanes of at least 4 members (excludes halogenated alkanes) is 2. The molecular weight excluding hydrogens is 128 g/mol. The Labute approximate surface area is 63.8 Å². The van der Waals surface area contributed by atoms with Crippen LogP contribution in [0.25, 0.3) is 0 Å². The maximum absolute atomic E-state index is 4.28. The van der Waals surface area contributed by atoms with Gasteiger partial charge in [-0.1, -0.05) is 32.3 Å². The Morgan fingerprint density at radius 2 is 2.22 bits per heavy atom. The fraction of sp³-hybridized carbons (Fsp3) is 0.750. The van der Waals surface area contributed by atoms with Crippen molar-refractivity contribution in [1.82, 2.24) is 0 Å². The molecule has 1 unspecified atom stereocenters. The van der Waals surface area contributed by atoms with Crippen molar-refractivity contribution in [1.29, 1.82) is 0 Å². The quantitative estimate of drug-likeness (QED) is 0.342. The van der Waals surface area contributed by atoms with E-state index in [9.17, 15) is 0 Å². The fourth-order valence-electron chi connectivity index (χ4n) is 0.721. The summed E-state index contributed by atoms with van der Waals surface area (Å²) in [6.45, 7) is 5.87. The lowest BCUT2D eigenvalue weighted by Crippen LogP contribution is -1.91. The van der Waals surface area contributed by atoms with Crippen LogP contribution in [0.5, 0.6) is 0 Å². The maximum atomic E-state index is 4.28. The molecule has 0 aliphatic rings. The molecule has 0 aromatic rings. The Morgan fingerprint density at radius 1 is 1.56 bits per heavy atom. The molecule has 0 amide bonds. The third-order valence-corrected chi connectivity index (χ3v) is 1.84. The summed E-state index contributed by atoms with van der Waals surface area (Å²) in [7, 11) is 0. The highest BCUT2D eigenvalue weighted by atomic mass is 32.1. The van der Waals surface area contributed by atoms with Crippen molar-refractivity contribution in [2.45, 2.75) is 37.9 Å². The minimum Gasteiger partial charge on any atom is -0.172 e. The number of hydrogen-bond acceptors (Lipinski definition) is 1. The molecule has 0 rings (SSSR count). The van der Waals surface area contributed by atoms with Crippen molar-refractivity contribution in [3.8, 4) is 0 Å². The Hall–Kier alpha value is 0.0900. The molecule has 0 saturated heterocycles. The summed E-state index contributed by atoms with van der Waals surface area (Å²) in [6, 6.07) is 0. The number of hydrogen-bond donors (Lipinski definition) is 1. The van der Waals surface area contributed by atoms with Gasteiger partial charge >= 0.3 is 0 Å². The first-order valence-electron chi connectivity index (χ1n) is 3.62. The van der Waals surface area contributed by atoms with Gasteiger partial charge in [-0.15, -0.1) is 6.58 Å². The van der Waals surface area contributed by atoms with Gasteiger partial charge in [0.05, 0.1) is 0 Å². The highest BCUT2D eigenvalue weighted by molar-refractivity contribution is 7.81. The molecule has 0 saturated carbocycles. The summed E-state index contributed by atoms with van der Waals surface area (Å²) in [6.07, 6.45) is 6.98. The van der Waals surface area contributed by atoms with Crippen LogP contribution in [0.3, 0.4) is 0 Å². The molecule has 0 radical (unpaired) electrons. The standard InChI is InChI=1S/C8H16S/c1-3-5-6-7-8(9)4-2/h4,8-9H,2-3,5-7H2,1H3. The minimum atomic E-state index is 0.413. The number of rotatable bonds is 5. The third-order valence-electron chi connectivity index (χ3n) is 1.38. The van der Waals surface area contributed by atoms with Crippen LogP contribution in [0.4, 0.5) is 0 Å². The van der Waals surface area contributed by atoms with Crippen LogP contribution in [0.15, 0.2) is 12.7 Å². The van der Waals surface area contributed by atoms with Crippen molar-refractivity contribution in [3.63, 3.8) is 0 Å². The average Bonchev–Trinajstić information content (AvgIpc) is 1.89. The lowest BCUT2D eigenvalue weighted by Gasteiger charge is -2.01. The van der Waals surface area contributed by atoms with Crippen LogP contribution >= 0.6 is 12.6 Å². The van der Waals surface area contributed by atoms with Gasteiger partial charge in [-0.25, -0.2) is 0 Å². The summed E-state index contributed by atoms with van der Waals surface area (Å²) < 4.78 is 0. The molecular formula is C8H16S. The second-order valence-electron chi connectivity index (χ2n) is 2.30. The molecule has 54 valence electrons. The molecule has 9 heavy (non-hydrogen) atoms. The van der Waals surface area contributed by atoms with Crippen LogP contribution in [0.2, 0.25) is 0 Å². The third kappa shape index (κ3) is 5.97. The van der Waals surface area contributed by atoms with Gasteiger partial charge < -0.3 is 0 Å². The Morgan fingerprint density at radius 3 is 2.67 bits per heavy atom. The van der Waals surface area contributed by atoms with Crippen molar-refractivity contribution in [2.75, 3.05) is 0 Å². The topological polar surface area (TPSA) is 0 Å². The minimum absolute atomic E-state index is 0.413. The molecule has 0 N–H and O–H groups in total. The molecule has 0 aromatic carbocycles. The van der Waals surface area contributed by atoms with Crippen molar-refractivity contribution in [3.05, 3.63) is 12.7 Å². The van der Waals surface area contributed by atoms with Gasteiger partial charge in [-0.05, 0) is 6.42 Å². The lowest BCUT2D eigenvalue weighted by atomic mass is 10.1. The van der Waals surface area contributed by atoms with Gasteiger partial charge in [-0.3, -0.25) is 0 Å². The molecule has 0 aliphatic carbocycles. The summed E-state index contributed by atoms with van der Waals surface area (Å²) in [4.78, 5) is 0. The van der Waals surface area contributed by atoms with Gasteiger partial charge in [0.25, 0.3) is 0 Å². The SMILES string of the molecule is C=CC(S)CCCCC. The van der Waals surface area contributed by atoms with E-state index in [1.54, 1.807) is 0 Å². The Balaban J connectivity index is 2.96. The molecule has 1 heteroatoms. The van der Waals surface area contributed by atoms with E-state index < -0.39 is 0 Å². The monoisotopic (exact) mass is 144 g/mol. The molecule has 0 spiro atoms. The molecule has 0 heterocycles. The first kappa shape index (κ1) is 9.09. The van der Waals surface area contributed by atoms with Gasteiger partial charge in [0, 0.05) is 5.25 Å². The van der Waals surface area contributed by atoms with Crippen LogP contribution in [0, 0.1) is 0 Å². The second-order valence-corrected chi connectivity index (χ2v) is 2.96. The van der Waals surface area contributed by atoms with E-state index in [0.29, 0.717) is 5.25 Å². The molecule has 0 bridgehead atoms. The highest BCUT2D eigenvalue weighted by Gasteiger charge is 1.94. The summed E-state index contributed by atoms with van der Waals surface area (Å²) in [5.41, 5.74) is 0. The van der Waals surface area contributed by atoms with E-state index in [4.69, 9.17) is 0 Å². The zero-order valence-electron chi connectivity index (χ0n) is 6.14. The predicted molar refractivity (Wildman–Crippen MR) is 47.1 cm³/mol. The summed E-state index contributed by atoms with van der Waals surface area (Å²) in [5.74, 6) is 0. The van der Waals surface area contributed by atoms with E-state index in [0.717, 1.165) is 0 Å². The van der Waals surface area contributed by atoms with Crippen LogP contribution < -0.4 is 0 Å². The molecule has 1 atom stereocenters. The first-order chi connectivity index (χ1) is 4.31. The largest absolute Gasteiger partial charge is 0.172 e. The van der Waals surface area contributed by atoms with E-state index in [1.165, 1.54) is 25.7 Å². The molecule has 0 aromatic heterocycles. The lowest BCUT2D eigenvalue weighted by molar-refractivity contribution is 0.682. The van der Waals surface area contributed by atoms with Crippen molar-refractivity contribution < 1.29 is 0 Å². The van der Waals surface area contributed by atoms with E-state index in [1.807, 2.05) is 6.08 Å². The van der Waals surface area contributed by atoms with Gasteiger partial charge in [0.15, 0.2) is 0 Å². The Kier molecular flexibility index (Phi) is 6.28. The van der Waals surface area contributed by atoms with Gasteiger partial charge in [0.2, 0.25) is 0 Å². The smallest absolute Gasteiger partial charge is 0.0194 e. The van der Waals surface area contributed by atoms with Crippen LogP contribution in [-0.4, -0.2) is 5.25 Å². The highest BCUT2D eigenvalue weighted by Crippen LogP contribution is 2.08. The normalized spacial score (nSPS) is 13.1. The summed E-state index contributed by atoms with van der Waals surface area (Å²) >= 11 is 4.28. The van der Waals surface area contributed by atoms with Crippen molar-refractivity contribution in [2.24, 2.45) is 0 Å². The van der Waals surface area contributed by atoms with E-state index >= 15 is 0 Å². The van der Waals surface area contributed by atoms with Crippen LogP contribution in [0.1, 0.15) is 32.6 Å². The van der Waals surface area contributed by atoms with Crippen molar-refractivity contribution >= 4 is 12.6 Å². The van der Waals surface area contributed by atoms with E-state index in [-0.39, 0.29) is 0 Å². The molecule has 0 fully saturated rings. The maximum Gasteiger partial charge on any atom is 0.0194 e. The second kappa shape index (κ2) is 6.21. The van der Waals surface area contributed by atoms with Crippen LogP contribution in [-0.2, 0) is 0 Å². The zero-order chi connectivity index (χ0) is 7.11. The zero-order valence-corrected chi connectivity index (χ0v) is 7.03. The fourth-order valence-corrected chi connectivity index (χ4v) is 0.904. The average molecular weight is 144 g/mol. The summed E-state index contributed by atoms with van der Waals surface area (Å²) in [5, 5.41) is 0.413.